The van der Waals surface area contributed by atoms with Gasteiger partial charge in [0.05, 0.1) is 18.4 Å². The number of amides is 1. The van der Waals surface area contributed by atoms with Crippen molar-refractivity contribution in [2.24, 2.45) is 0 Å². The Bertz CT molecular complexity index is 1040. The fourth-order valence-corrected chi connectivity index (χ4v) is 4.05. The van der Waals surface area contributed by atoms with Crippen molar-refractivity contribution in [2.75, 3.05) is 0 Å². The van der Waals surface area contributed by atoms with E-state index < -0.39 is 30.6 Å². The molecule has 1 aromatic carbocycles. The summed E-state index contributed by atoms with van der Waals surface area (Å²) in [6.45, 7) is 3.83. The molecule has 1 saturated carbocycles. The van der Waals surface area contributed by atoms with E-state index in [1.807, 2.05) is 0 Å². The van der Waals surface area contributed by atoms with Crippen LogP contribution in [0.2, 0.25) is 5.02 Å². The summed E-state index contributed by atoms with van der Waals surface area (Å²) in [7, 11) is 0. The third kappa shape index (κ3) is 5.87. The molecule has 1 aliphatic carbocycles. The van der Waals surface area contributed by atoms with Gasteiger partial charge in [-0.25, -0.2) is 4.98 Å². The quantitative estimate of drug-likeness (QED) is 0.596. The molecule has 1 aromatic heterocycles. The maximum absolute atomic E-state index is 12.5. The summed E-state index contributed by atoms with van der Waals surface area (Å²) in [5, 5.41) is 13.5. The number of hydrogen-bond acceptors (Lipinski definition) is 6. The van der Waals surface area contributed by atoms with Crippen molar-refractivity contribution in [3.05, 3.63) is 58.9 Å². The van der Waals surface area contributed by atoms with Crippen LogP contribution in [-0.4, -0.2) is 34.6 Å². The molecule has 1 amide bonds. The summed E-state index contributed by atoms with van der Waals surface area (Å²) in [6, 6.07) is 4.82. The van der Waals surface area contributed by atoms with Gasteiger partial charge < -0.3 is 19.6 Å². The van der Waals surface area contributed by atoms with E-state index in [0.717, 1.165) is 0 Å². The number of halogens is 4. The zero-order valence-electron chi connectivity index (χ0n) is 17.4. The highest BCUT2D eigenvalue weighted by atomic mass is 35.5. The van der Waals surface area contributed by atoms with Crippen LogP contribution in [0, 0.1) is 0 Å². The minimum Gasteiger partial charge on any atom is -0.480 e. The van der Waals surface area contributed by atoms with Crippen molar-refractivity contribution < 1.29 is 37.0 Å². The number of allylic oxidation sites excluding steroid dienone is 1. The SMILES string of the molecule is C=C(CCc1ncc([C@H]2C[C@@H](OC(F)(F)F)C2)o1)NC(=O)[C@H]1C[C@@H](O)c2cc(Cl)ccc2O1. The predicted molar refractivity (Wildman–Crippen MR) is 110 cm³/mol. The van der Waals surface area contributed by atoms with Gasteiger partial charge in [0.1, 0.15) is 11.5 Å². The highest BCUT2D eigenvalue weighted by Gasteiger charge is 2.41. The predicted octanol–water partition coefficient (Wildman–Crippen LogP) is 4.56. The average molecular weight is 487 g/mol. The van der Waals surface area contributed by atoms with E-state index >= 15 is 0 Å². The fraction of sp³-hybridized carbons (Fsp3) is 0.455. The number of hydrogen-bond donors (Lipinski definition) is 2. The highest BCUT2D eigenvalue weighted by molar-refractivity contribution is 6.30. The third-order valence-electron chi connectivity index (χ3n) is 5.64. The number of oxazole rings is 1. The molecule has 178 valence electrons. The van der Waals surface area contributed by atoms with Crippen LogP contribution in [0.5, 0.6) is 5.75 Å². The van der Waals surface area contributed by atoms with Crippen LogP contribution in [0.15, 0.2) is 41.1 Å². The van der Waals surface area contributed by atoms with Gasteiger partial charge in [0.25, 0.3) is 5.91 Å². The number of nitrogens with zero attached hydrogens (tertiary/aromatic N) is 1. The molecule has 1 fully saturated rings. The first kappa shape index (κ1) is 23.6. The Morgan fingerprint density at radius 1 is 1.33 bits per heavy atom. The van der Waals surface area contributed by atoms with Crippen molar-refractivity contribution in [1.29, 1.82) is 0 Å². The summed E-state index contributed by atoms with van der Waals surface area (Å²) in [5.41, 5.74) is 0.954. The summed E-state index contributed by atoms with van der Waals surface area (Å²) >= 11 is 5.94. The lowest BCUT2D eigenvalue weighted by Crippen LogP contribution is -2.41. The van der Waals surface area contributed by atoms with Crippen LogP contribution in [0.4, 0.5) is 13.2 Å². The molecule has 2 heterocycles. The number of carbonyl (C=O) groups excluding carboxylic acids is 1. The van der Waals surface area contributed by atoms with Gasteiger partial charge >= 0.3 is 6.36 Å². The summed E-state index contributed by atoms with van der Waals surface area (Å²) in [5.74, 6) is 0.725. The standard InChI is InChI=1S/C22H22ClF3N2O5/c1-11(28-21(30)18-9-16(29)15-8-13(23)3-4-17(15)31-18)2-5-20-27-10-19(32-20)12-6-14(7-12)33-22(24,25)26/h3-4,8,10,12,14,16,18,29H,1-2,5-7,9H2,(H,28,30)/t12-,14+,16-,18-/m1/s1. The minimum absolute atomic E-state index is 0.0794. The minimum atomic E-state index is -4.63. The van der Waals surface area contributed by atoms with Crippen LogP contribution in [0.3, 0.4) is 0 Å². The van der Waals surface area contributed by atoms with Crippen molar-refractivity contribution >= 4 is 17.5 Å². The van der Waals surface area contributed by atoms with Crippen LogP contribution < -0.4 is 10.1 Å². The van der Waals surface area contributed by atoms with Gasteiger partial charge in [-0.05, 0) is 37.5 Å². The molecule has 0 saturated heterocycles. The number of fused-ring (bicyclic) bond motifs is 1. The van der Waals surface area contributed by atoms with Crippen LogP contribution in [0.25, 0.3) is 0 Å². The first-order valence-corrected chi connectivity index (χ1v) is 10.8. The second-order valence-electron chi connectivity index (χ2n) is 8.14. The largest absolute Gasteiger partial charge is 0.522 e. The Balaban J connectivity index is 1.23. The van der Waals surface area contributed by atoms with Gasteiger partial charge in [-0.2, -0.15) is 0 Å². The topological polar surface area (TPSA) is 93.8 Å². The molecule has 7 nitrogen and oxygen atoms in total. The first-order valence-electron chi connectivity index (χ1n) is 10.4. The van der Waals surface area contributed by atoms with Crippen molar-refractivity contribution in [3.8, 4) is 5.75 Å². The fourth-order valence-electron chi connectivity index (χ4n) is 3.87. The lowest BCUT2D eigenvalue weighted by atomic mass is 9.81. The van der Waals surface area contributed by atoms with Crippen LogP contribution in [-0.2, 0) is 16.0 Å². The number of alkyl halides is 3. The number of aromatic nitrogens is 1. The molecule has 2 N–H and O–H groups in total. The molecule has 2 atom stereocenters. The monoisotopic (exact) mass is 486 g/mol. The van der Waals surface area contributed by atoms with Crippen molar-refractivity contribution in [2.45, 2.75) is 62.7 Å². The van der Waals surface area contributed by atoms with E-state index in [1.165, 1.54) is 6.20 Å². The van der Waals surface area contributed by atoms with Gasteiger partial charge in [-0.15, -0.1) is 13.2 Å². The van der Waals surface area contributed by atoms with E-state index in [0.29, 0.717) is 46.5 Å². The van der Waals surface area contributed by atoms with E-state index in [4.69, 9.17) is 20.8 Å². The average Bonchev–Trinajstić information content (AvgIpc) is 3.17. The number of benzene rings is 1. The highest BCUT2D eigenvalue weighted by Crippen LogP contribution is 2.41. The zero-order chi connectivity index (χ0) is 23.8. The lowest BCUT2D eigenvalue weighted by molar-refractivity contribution is -0.352. The Hall–Kier alpha value is -2.56. The van der Waals surface area contributed by atoms with Crippen LogP contribution >= 0.6 is 11.6 Å². The van der Waals surface area contributed by atoms with Crippen LogP contribution in [0.1, 0.15) is 54.9 Å². The van der Waals surface area contributed by atoms with Gasteiger partial charge in [0, 0.05) is 35.0 Å². The maximum Gasteiger partial charge on any atom is 0.522 e. The molecule has 0 radical (unpaired) electrons. The number of ether oxygens (including phenoxy) is 2. The molecule has 2 aliphatic rings. The van der Waals surface area contributed by atoms with Gasteiger partial charge in [0.15, 0.2) is 12.0 Å². The molecule has 4 rings (SSSR count). The number of rotatable bonds is 7. The van der Waals surface area contributed by atoms with Crippen molar-refractivity contribution in [3.63, 3.8) is 0 Å². The number of carbonyl (C=O) groups is 1. The summed E-state index contributed by atoms with van der Waals surface area (Å²) < 4.78 is 52.0. The normalized spacial score (nSPS) is 24.4. The molecule has 0 bridgehead atoms. The first-order chi connectivity index (χ1) is 15.6. The summed E-state index contributed by atoms with van der Waals surface area (Å²) in [4.78, 5) is 16.7. The Morgan fingerprint density at radius 3 is 2.82 bits per heavy atom. The lowest BCUT2D eigenvalue weighted by Gasteiger charge is -2.33. The Labute approximate surface area is 192 Å². The molecular weight excluding hydrogens is 465 g/mol. The second-order valence-corrected chi connectivity index (χ2v) is 8.58. The molecule has 0 unspecified atom stereocenters. The molecule has 1 aliphatic heterocycles. The van der Waals surface area contributed by atoms with Gasteiger partial charge in [-0.3, -0.25) is 9.53 Å². The smallest absolute Gasteiger partial charge is 0.480 e. The zero-order valence-corrected chi connectivity index (χ0v) is 18.2. The van der Waals surface area contributed by atoms with Gasteiger partial charge in [-0.1, -0.05) is 18.2 Å². The Morgan fingerprint density at radius 2 is 2.09 bits per heavy atom. The summed E-state index contributed by atoms with van der Waals surface area (Å²) in [6.07, 6.45) is -4.53. The van der Waals surface area contributed by atoms with E-state index in [1.54, 1.807) is 18.2 Å². The van der Waals surface area contributed by atoms with E-state index in [-0.39, 0.29) is 25.2 Å². The number of nitrogens with one attached hydrogen (secondary N) is 1. The van der Waals surface area contributed by atoms with Gasteiger partial charge in [0.2, 0.25) is 0 Å². The Kier molecular flexibility index (Phi) is 6.69. The van der Waals surface area contributed by atoms with E-state index in [9.17, 15) is 23.1 Å². The molecule has 0 spiro atoms. The maximum atomic E-state index is 12.5. The molecule has 2 aromatic rings. The molecular formula is C22H22ClF3N2O5. The number of aliphatic hydroxyl groups is 1. The molecule has 33 heavy (non-hydrogen) atoms. The van der Waals surface area contributed by atoms with Crippen molar-refractivity contribution in [1.82, 2.24) is 10.3 Å². The third-order valence-corrected chi connectivity index (χ3v) is 5.87. The number of aryl methyl sites for hydroxylation is 1. The molecule has 11 heteroatoms. The number of aliphatic hydroxyl groups excluding tert-OH is 1. The second kappa shape index (κ2) is 9.36. The van der Waals surface area contributed by atoms with E-state index in [2.05, 4.69) is 21.6 Å².